The highest BCUT2D eigenvalue weighted by atomic mass is 79.9. The molecule has 1 aliphatic carbocycles. The van der Waals surface area contributed by atoms with Crippen LogP contribution in [0.25, 0.3) is 0 Å². The maximum Gasteiger partial charge on any atom is 0.0909 e. The molecular formula is C19H21BrO. The molecule has 0 bridgehead atoms. The molecule has 0 amide bonds. The number of hydrogen-bond donors (Lipinski definition) is 1. The highest BCUT2D eigenvalue weighted by Gasteiger charge is 2.25. The largest absolute Gasteiger partial charge is 0.385 e. The summed E-state index contributed by atoms with van der Waals surface area (Å²) in [6, 6.07) is 14.6. The minimum absolute atomic E-state index is 0.618. The van der Waals surface area contributed by atoms with Crippen LogP contribution in [0.2, 0.25) is 0 Å². The molecule has 110 valence electrons. The lowest BCUT2D eigenvalue weighted by Gasteiger charge is -2.27. The molecule has 0 heterocycles. The molecule has 3 rings (SSSR count). The van der Waals surface area contributed by atoms with Gasteiger partial charge >= 0.3 is 0 Å². The van der Waals surface area contributed by atoms with E-state index < -0.39 is 5.60 Å². The standard InChI is InChI=1S/C19H21BrO/c1-19(21,13-16-8-4-5-9-18(16)20)17-11-10-14-6-2-3-7-15(14)12-17/h4-5,8-12,21H,2-3,6-7,13H2,1H3. The Labute approximate surface area is 135 Å². The number of fused-ring (bicyclic) bond motifs is 1. The van der Waals surface area contributed by atoms with Crippen LogP contribution < -0.4 is 0 Å². The maximum atomic E-state index is 10.9. The Morgan fingerprint density at radius 1 is 1.05 bits per heavy atom. The van der Waals surface area contributed by atoms with Crippen molar-refractivity contribution in [1.82, 2.24) is 0 Å². The van der Waals surface area contributed by atoms with Crippen LogP contribution in [0.3, 0.4) is 0 Å². The first kappa shape index (κ1) is 14.8. The fraction of sp³-hybridized carbons (Fsp3) is 0.368. The van der Waals surface area contributed by atoms with Crippen LogP contribution in [0, 0.1) is 0 Å². The van der Waals surface area contributed by atoms with E-state index in [2.05, 4.69) is 40.2 Å². The number of aryl methyl sites for hydroxylation is 2. The van der Waals surface area contributed by atoms with Crippen molar-refractivity contribution in [2.75, 3.05) is 0 Å². The molecule has 0 saturated carbocycles. The topological polar surface area (TPSA) is 20.2 Å². The average Bonchev–Trinajstić information content (AvgIpc) is 2.49. The van der Waals surface area contributed by atoms with Crippen molar-refractivity contribution in [2.45, 2.75) is 44.6 Å². The first-order valence-corrected chi connectivity index (χ1v) is 8.44. The lowest BCUT2D eigenvalue weighted by atomic mass is 9.84. The van der Waals surface area contributed by atoms with Crippen LogP contribution in [0.5, 0.6) is 0 Å². The van der Waals surface area contributed by atoms with Crippen LogP contribution in [0.1, 0.15) is 42.0 Å². The molecule has 1 aliphatic rings. The maximum absolute atomic E-state index is 10.9. The molecule has 0 radical (unpaired) electrons. The van der Waals surface area contributed by atoms with Gasteiger partial charge in [0.1, 0.15) is 0 Å². The highest BCUT2D eigenvalue weighted by molar-refractivity contribution is 9.10. The van der Waals surface area contributed by atoms with Crippen molar-refractivity contribution in [1.29, 1.82) is 0 Å². The molecule has 0 aliphatic heterocycles. The minimum atomic E-state index is -0.837. The van der Waals surface area contributed by atoms with Gasteiger partial charge in [-0.05, 0) is 60.9 Å². The van der Waals surface area contributed by atoms with Crippen LogP contribution in [-0.2, 0) is 24.9 Å². The zero-order chi connectivity index (χ0) is 14.9. The van der Waals surface area contributed by atoms with Gasteiger partial charge in [0.05, 0.1) is 5.60 Å². The van der Waals surface area contributed by atoms with Crippen molar-refractivity contribution in [3.8, 4) is 0 Å². The van der Waals surface area contributed by atoms with E-state index in [4.69, 9.17) is 0 Å². The Morgan fingerprint density at radius 2 is 1.76 bits per heavy atom. The molecule has 2 aromatic rings. The predicted molar refractivity (Wildman–Crippen MR) is 90.5 cm³/mol. The van der Waals surface area contributed by atoms with Crippen LogP contribution in [0.4, 0.5) is 0 Å². The summed E-state index contributed by atoms with van der Waals surface area (Å²) in [6.07, 6.45) is 5.51. The lowest BCUT2D eigenvalue weighted by Crippen LogP contribution is -2.25. The van der Waals surface area contributed by atoms with Gasteiger partial charge in [0.2, 0.25) is 0 Å². The van der Waals surface area contributed by atoms with E-state index >= 15 is 0 Å². The Bertz CT molecular complexity index is 646. The summed E-state index contributed by atoms with van der Waals surface area (Å²) in [4.78, 5) is 0. The van der Waals surface area contributed by atoms with E-state index in [9.17, 15) is 5.11 Å². The number of hydrogen-bond acceptors (Lipinski definition) is 1. The zero-order valence-electron chi connectivity index (χ0n) is 12.4. The van der Waals surface area contributed by atoms with Gasteiger partial charge < -0.3 is 5.11 Å². The normalized spacial score (nSPS) is 17.1. The number of halogens is 1. The van der Waals surface area contributed by atoms with Crippen molar-refractivity contribution in [3.05, 3.63) is 69.2 Å². The molecule has 0 fully saturated rings. The molecule has 1 atom stereocenters. The van der Waals surface area contributed by atoms with Gasteiger partial charge in [-0.15, -0.1) is 0 Å². The predicted octanol–water partition coefficient (Wildman–Crippen LogP) is 4.78. The Morgan fingerprint density at radius 3 is 2.52 bits per heavy atom. The highest BCUT2D eigenvalue weighted by Crippen LogP contribution is 2.31. The van der Waals surface area contributed by atoms with Gasteiger partial charge in [-0.25, -0.2) is 0 Å². The molecule has 0 saturated heterocycles. The molecule has 0 aromatic heterocycles. The van der Waals surface area contributed by atoms with E-state index in [0.29, 0.717) is 6.42 Å². The van der Waals surface area contributed by atoms with Gasteiger partial charge in [-0.2, -0.15) is 0 Å². The molecular weight excluding hydrogens is 324 g/mol. The summed E-state index contributed by atoms with van der Waals surface area (Å²) in [5.74, 6) is 0. The first-order valence-electron chi connectivity index (χ1n) is 7.64. The van der Waals surface area contributed by atoms with Crippen molar-refractivity contribution in [2.24, 2.45) is 0 Å². The second-order valence-corrected chi connectivity index (χ2v) is 7.09. The van der Waals surface area contributed by atoms with E-state index in [0.717, 1.165) is 22.0 Å². The van der Waals surface area contributed by atoms with E-state index in [-0.39, 0.29) is 0 Å². The third-order valence-electron chi connectivity index (χ3n) is 4.46. The SMILES string of the molecule is CC(O)(Cc1ccccc1Br)c1ccc2c(c1)CCCC2. The van der Waals surface area contributed by atoms with Crippen LogP contribution in [-0.4, -0.2) is 5.11 Å². The zero-order valence-corrected chi connectivity index (χ0v) is 14.0. The van der Waals surface area contributed by atoms with Gasteiger partial charge in [0, 0.05) is 10.9 Å². The van der Waals surface area contributed by atoms with Crippen molar-refractivity contribution >= 4 is 15.9 Å². The number of aliphatic hydroxyl groups is 1. The average molecular weight is 345 g/mol. The monoisotopic (exact) mass is 344 g/mol. The molecule has 1 nitrogen and oxygen atoms in total. The van der Waals surface area contributed by atoms with Crippen molar-refractivity contribution in [3.63, 3.8) is 0 Å². The molecule has 2 heteroatoms. The summed E-state index contributed by atoms with van der Waals surface area (Å²) in [5.41, 5.74) is 4.21. The smallest absolute Gasteiger partial charge is 0.0909 e. The van der Waals surface area contributed by atoms with Crippen LogP contribution in [0.15, 0.2) is 46.9 Å². The third-order valence-corrected chi connectivity index (χ3v) is 5.24. The van der Waals surface area contributed by atoms with Gasteiger partial charge in [-0.3, -0.25) is 0 Å². The van der Waals surface area contributed by atoms with Gasteiger partial charge in [0.25, 0.3) is 0 Å². The third kappa shape index (κ3) is 3.22. The summed E-state index contributed by atoms with van der Waals surface area (Å²) >= 11 is 3.57. The number of rotatable bonds is 3. The van der Waals surface area contributed by atoms with E-state index in [1.54, 1.807) is 0 Å². The molecule has 1 N–H and O–H groups in total. The summed E-state index contributed by atoms with van der Waals surface area (Å²) in [6.45, 7) is 1.91. The molecule has 0 spiro atoms. The van der Waals surface area contributed by atoms with Gasteiger partial charge in [0.15, 0.2) is 0 Å². The van der Waals surface area contributed by atoms with Crippen LogP contribution >= 0.6 is 15.9 Å². The Kier molecular flexibility index (Phi) is 4.19. The first-order chi connectivity index (χ1) is 10.1. The second kappa shape index (κ2) is 5.94. The van der Waals surface area contributed by atoms with Gasteiger partial charge in [-0.1, -0.05) is 52.3 Å². The molecule has 1 unspecified atom stereocenters. The fourth-order valence-corrected chi connectivity index (χ4v) is 3.61. The number of benzene rings is 2. The second-order valence-electron chi connectivity index (χ2n) is 6.23. The summed E-state index contributed by atoms with van der Waals surface area (Å²) in [5, 5.41) is 10.9. The van der Waals surface area contributed by atoms with E-state index in [1.807, 2.05) is 25.1 Å². The Balaban J connectivity index is 1.89. The summed E-state index contributed by atoms with van der Waals surface area (Å²) in [7, 11) is 0. The molecule has 2 aromatic carbocycles. The van der Waals surface area contributed by atoms with E-state index in [1.165, 1.54) is 30.4 Å². The lowest BCUT2D eigenvalue weighted by molar-refractivity contribution is 0.0573. The summed E-state index contributed by atoms with van der Waals surface area (Å²) < 4.78 is 1.06. The molecule has 21 heavy (non-hydrogen) atoms. The fourth-order valence-electron chi connectivity index (χ4n) is 3.18. The quantitative estimate of drug-likeness (QED) is 0.849. The minimum Gasteiger partial charge on any atom is -0.385 e. The Hall–Kier alpha value is -1.12. The van der Waals surface area contributed by atoms with Crippen molar-refractivity contribution < 1.29 is 5.11 Å².